The molecule has 0 bridgehead atoms. The predicted octanol–water partition coefficient (Wildman–Crippen LogP) is 17.2. The Morgan fingerprint density at radius 1 is 0.310 bits per heavy atom. The topological polar surface area (TPSA) is 118 Å². The number of aliphatic carboxylic acids is 2. The van der Waals surface area contributed by atoms with E-state index in [1.54, 1.807) is 0 Å². The SMILES string of the molecule is CCCCCCCCCCCCCCCCCCC(CCCC)(CCCCCCCCCCCCCCCCCC)C(N)=O.O=C(O)CCCCCCCCC(=O)O. The van der Waals surface area contributed by atoms with Gasteiger partial charge in [-0.05, 0) is 32.1 Å². The first-order chi connectivity index (χ1) is 28.3. The van der Waals surface area contributed by atoms with E-state index >= 15 is 0 Å². The third-order valence-electron chi connectivity index (χ3n) is 12.6. The van der Waals surface area contributed by atoms with Crippen molar-refractivity contribution in [3.8, 4) is 0 Å². The zero-order chi connectivity index (χ0) is 43.1. The molecule has 0 atom stereocenters. The number of unbranched alkanes of at least 4 members (excludes halogenated alkanes) is 36. The van der Waals surface area contributed by atoms with Gasteiger partial charge in [-0.1, -0.05) is 265 Å². The van der Waals surface area contributed by atoms with Crippen LogP contribution in [0.2, 0.25) is 0 Å². The fourth-order valence-corrected chi connectivity index (χ4v) is 8.54. The van der Waals surface area contributed by atoms with E-state index in [1.807, 2.05) is 0 Å². The molecule has 0 heterocycles. The molecule has 0 saturated carbocycles. The summed E-state index contributed by atoms with van der Waals surface area (Å²) in [5.74, 6) is -1.49. The average molecular weight is 822 g/mol. The monoisotopic (exact) mass is 822 g/mol. The minimum Gasteiger partial charge on any atom is -0.481 e. The molecule has 6 heteroatoms. The molecule has 1 amide bonds. The van der Waals surface area contributed by atoms with Crippen LogP contribution < -0.4 is 5.73 Å². The second-order valence-electron chi connectivity index (χ2n) is 18.3. The molecule has 0 aliphatic rings. The van der Waals surface area contributed by atoms with Crippen molar-refractivity contribution < 1.29 is 24.6 Å². The summed E-state index contributed by atoms with van der Waals surface area (Å²) in [5.41, 5.74) is 5.87. The van der Waals surface area contributed by atoms with Crippen LogP contribution in [0.15, 0.2) is 0 Å². The van der Waals surface area contributed by atoms with E-state index in [4.69, 9.17) is 15.9 Å². The Balaban J connectivity index is 0. The lowest BCUT2D eigenvalue weighted by atomic mass is 9.73. The van der Waals surface area contributed by atoms with Crippen molar-refractivity contribution in [1.82, 2.24) is 0 Å². The van der Waals surface area contributed by atoms with Crippen LogP contribution in [0, 0.1) is 5.41 Å². The largest absolute Gasteiger partial charge is 0.481 e. The Kier molecular flexibility index (Phi) is 48.5. The number of carbonyl (C=O) groups is 3. The van der Waals surface area contributed by atoms with Crippen LogP contribution in [-0.4, -0.2) is 28.1 Å². The van der Waals surface area contributed by atoms with E-state index in [-0.39, 0.29) is 24.2 Å². The second kappa shape index (κ2) is 48.1. The molecule has 4 N–H and O–H groups in total. The molecule has 0 aliphatic heterocycles. The minimum atomic E-state index is -0.740. The number of primary amides is 1. The molecule has 0 rings (SSSR count). The first-order valence-corrected chi connectivity index (χ1v) is 26.0. The maximum absolute atomic E-state index is 12.7. The molecular weight excluding hydrogens is 719 g/mol. The van der Waals surface area contributed by atoms with Gasteiger partial charge in [-0.2, -0.15) is 0 Å². The fraction of sp³-hybridized carbons (Fsp3) is 0.942. The van der Waals surface area contributed by atoms with E-state index in [1.165, 1.54) is 205 Å². The van der Waals surface area contributed by atoms with Crippen LogP contribution in [0.3, 0.4) is 0 Å². The highest BCUT2D eigenvalue weighted by atomic mass is 16.4. The number of hydrogen-bond acceptors (Lipinski definition) is 3. The van der Waals surface area contributed by atoms with Gasteiger partial charge in [0.1, 0.15) is 0 Å². The molecule has 0 saturated heterocycles. The molecule has 346 valence electrons. The normalized spacial score (nSPS) is 11.4. The van der Waals surface area contributed by atoms with Crippen LogP contribution in [0.25, 0.3) is 0 Å². The summed E-state index contributed by atoms with van der Waals surface area (Å²) in [5, 5.41) is 16.7. The highest BCUT2D eigenvalue weighted by Crippen LogP contribution is 2.37. The third kappa shape index (κ3) is 45.5. The molecule has 0 aromatic carbocycles. The van der Waals surface area contributed by atoms with Crippen LogP contribution in [0.4, 0.5) is 0 Å². The number of hydrogen-bond donors (Lipinski definition) is 3. The van der Waals surface area contributed by atoms with Gasteiger partial charge in [0.25, 0.3) is 0 Å². The van der Waals surface area contributed by atoms with Crippen molar-refractivity contribution in [2.75, 3.05) is 0 Å². The van der Waals surface area contributed by atoms with Crippen molar-refractivity contribution >= 4 is 17.8 Å². The van der Waals surface area contributed by atoms with Crippen molar-refractivity contribution in [3.63, 3.8) is 0 Å². The zero-order valence-corrected chi connectivity index (χ0v) is 39.5. The Labute approximate surface area is 362 Å². The van der Waals surface area contributed by atoms with E-state index in [0.29, 0.717) is 0 Å². The van der Waals surface area contributed by atoms with E-state index in [9.17, 15) is 14.4 Å². The maximum atomic E-state index is 12.7. The van der Waals surface area contributed by atoms with E-state index < -0.39 is 11.9 Å². The smallest absolute Gasteiger partial charge is 0.303 e. The van der Waals surface area contributed by atoms with Gasteiger partial charge in [0.15, 0.2) is 0 Å². The van der Waals surface area contributed by atoms with Crippen molar-refractivity contribution in [3.05, 3.63) is 0 Å². The molecule has 0 spiro atoms. The zero-order valence-electron chi connectivity index (χ0n) is 39.5. The summed E-state index contributed by atoms with van der Waals surface area (Å²) in [4.78, 5) is 33.0. The summed E-state index contributed by atoms with van der Waals surface area (Å²) in [7, 11) is 0. The van der Waals surface area contributed by atoms with Gasteiger partial charge in [-0.3, -0.25) is 14.4 Å². The molecule has 0 aromatic rings. The predicted molar refractivity (Wildman–Crippen MR) is 252 cm³/mol. The standard InChI is InChI=1S/C42H85NO.C10H18O4/c1-4-7-10-12-14-16-18-20-22-24-26-28-30-32-34-36-39-42(41(43)44,38-9-6-3)40-37-35-33-31-29-27-25-23-21-19-17-15-13-11-8-5-2;11-9(12)7-5-3-1-2-4-6-8-10(13)14/h4-40H2,1-3H3,(H2,43,44);1-8H2,(H,11,12)(H,13,14). The van der Waals surface area contributed by atoms with Crippen LogP contribution >= 0.6 is 0 Å². The van der Waals surface area contributed by atoms with E-state index in [0.717, 1.165) is 70.6 Å². The fourth-order valence-electron chi connectivity index (χ4n) is 8.54. The Morgan fingerprint density at radius 2 is 0.500 bits per heavy atom. The highest BCUT2D eigenvalue weighted by Gasteiger charge is 2.34. The lowest BCUT2D eigenvalue weighted by Gasteiger charge is -2.31. The number of carbonyl (C=O) groups excluding carboxylic acids is 1. The third-order valence-corrected chi connectivity index (χ3v) is 12.6. The second-order valence-corrected chi connectivity index (χ2v) is 18.3. The van der Waals surface area contributed by atoms with Gasteiger partial charge in [-0.25, -0.2) is 0 Å². The van der Waals surface area contributed by atoms with Gasteiger partial charge in [0, 0.05) is 18.3 Å². The lowest BCUT2D eigenvalue weighted by Crippen LogP contribution is -2.37. The minimum absolute atomic E-state index is 0.00660. The number of carboxylic acids is 2. The number of nitrogens with two attached hydrogens (primary N) is 1. The summed E-state index contributed by atoms with van der Waals surface area (Å²) >= 11 is 0. The summed E-state index contributed by atoms with van der Waals surface area (Å²) in [6.07, 6.45) is 55.8. The maximum Gasteiger partial charge on any atom is 0.303 e. The van der Waals surface area contributed by atoms with Crippen molar-refractivity contribution in [2.45, 2.75) is 310 Å². The Hall–Kier alpha value is -1.59. The summed E-state index contributed by atoms with van der Waals surface area (Å²) < 4.78 is 0. The molecular formula is C52H103NO5. The molecule has 0 aliphatic carbocycles. The number of amides is 1. The molecule has 58 heavy (non-hydrogen) atoms. The highest BCUT2D eigenvalue weighted by molar-refractivity contribution is 5.80. The van der Waals surface area contributed by atoms with E-state index in [2.05, 4.69) is 20.8 Å². The number of rotatable bonds is 47. The van der Waals surface area contributed by atoms with Crippen molar-refractivity contribution in [2.24, 2.45) is 11.1 Å². The van der Waals surface area contributed by atoms with Crippen molar-refractivity contribution in [1.29, 1.82) is 0 Å². The van der Waals surface area contributed by atoms with Gasteiger partial charge in [-0.15, -0.1) is 0 Å². The first kappa shape index (κ1) is 58.5. The van der Waals surface area contributed by atoms with Crippen LogP contribution in [0.5, 0.6) is 0 Å². The lowest BCUT2D eigenvalue weighted by molar-refractivity contribution is -0.138. The molecule has 0 aromatic heterocycles. The number of carboxylic acid groups (broad SMARTS) is 2. The summed E-state index contributed by atoms with van der Waals surface area (Å²) in [6, 6.07) is 0. The van der Waals surface area contributed by atoms with Gasteiger partial charge < -0.3 is 15.9 Å². The van der Waals surface area contributed by atoms with Crippen LogP contribution in [-0.2, 0) is 14.4 Å². The molecule has 0 radical (unpaired) electrons. The molecule has 0 fully saturated rings. The molecule has 0 unspecified atom stereocenters. The molecule has 6 nitrogen and oxygen atoms in total. The van der Waals surface area contributed by atoms with Gasteiger partial charge in [0.05, 0.1) is 0 Å². The van der Waals surface area contributed by atoms with Gasteiger partial charge >= 0.3 is 11.9 Å². The first-order valence-electron chi connectivity index (χ1n) is 26.0. The van der Waals surface area contributed by atoms with Crippen LogP contribution in [0.1, 0.15) is 310 Å². The summed E-state index contributed by atoms with van der Waals surface area (Å²) in [6.45, 7) is 6.84. The Morgan fingerprint density at radius 3 is 0.707 bits per heavy atom. The quantitative estimate of drug-likeness (QED) is 0.0528. The average Bonchev–Trinajstić information content (AvgIpc) is 3.20. The van der Waals surface area contributed by atoms with Gasteiger partial charge in [0.2, 0.25) is 5.91 Å². The Bertz CT molecular complexity index is 805.